The van der Waals surface area contributed by atoms with Gasteiger partial charge in [0.1, 0.15) is 11.6 Å². The van der Waals surface area contributed by atoms with E-state index in [-0.39, 0.29) is 11.6 Å². The second-order valence-corrected chi connectivity index (χ2v) is 4.29. The molecular formula is C12H18F3N3O. The maximum Gasteiger partial charge on any atom is 0.416 e. The van der Waals surface area contributed by atoms with E-state index in [0.29, 0.717) is 19.4 Å². The van der Waals surface area contributed by atoms with Crippen LogP contribution in [-0.4, -0.2) is 29.8 Å². The topological polar surface area (TPSA) is 57.2 Å². The number of nitrogens with zero attached hydrogens (tertiary/aromatic N) is 1. The molecule has 108 valence electrons. The van der Waals surface area contributed by atoms with Gasteiger partial charge in [-0.05, 0) is 31.9 Å². The molecule has 1 unspecified atom stereocenters. The molecule has 0 radical (unpaired) electrons. The molecule has 0 aromatic carbocycles. The van der Waals surface area contributed by atoms with E-state index in [0.717, 1.165) is 12.1 Å². The van der Waals surface area contributed by atoms with E-state index in [2.05, 4.69) is 15.6 Å². The molecule has 19 heavy (non-hydrogen) atoms. The number of aliphatic hydroxyl groups is 1. The van der Waals surface area contributed by atoms with E-state index in [1.807, 2.05) is 0 Å². The number of alkyl halides is 3. The van der Waals surface area contributed by atoms with Crippen molar-refractivity contribution in [3.05, 3.63) is 17.7 Å². The summed E-state index contributed by atoms with van der Waals surface area (Å²) in [4.78, 5) is 4.00. The summed E-state index contributed by atoms with van der Waals surface area (Å²) in [6.07, 6.45) is -3.57. The first-order valence-corrected chi connectivity index (χ1v) is 6.02. The van der Waals surface area contributed by atoms with Gasteiger partial charge >= 0.3 is 6.18 Å². The van der Waals surface area contributed by atoms with Crippen molar-refractivity contribution in [2.75, 3.05) is 24.2 Å². The zero-order valence-corrected chi connectivity index (χ0v) is 10.9. The van der Waals surface area contributed by atoms with Crippen LogP contribution >= 0.6 is 0 Å². The van der Waals surface area contributed by atoms with E-state index >= 15 is 0 Å². The highest BCUT2D eigenvalue weighted by Gasteiger charge is 2.31. The summed E-state index contributed by atoms with van der Waals surface area (Å²) in [7, 11) is 1.51. The summed E-state index contributed by atoms with van der Waals surface area (Å²) < 4.78 is 38.0. The third-order valence-electron chi connectivity index (χ3n) is 2.51. The van der Waals surface area contributed by atoms with Gasteiger partial charge in [0.2, 0.25) is 0 Å². The Morgan fingerprint density at radius 1 is 1.32 bits per heavy atom. The van der Waals surface area contributed by atoms with Crippen LogP contribution in [-0.2, 0) is 6.18 Å². The smallest absolute Gasteiger partial charge is 0.393 e. The predicted molar refractivity (Wildman–Crippen MR) is 68.2 cm³/mol. The monoisotopic (exact) mass is 277 g/mol. The van der Waals surface area contributed by atoms with Crippen LogP contribution in [0.5, 0.6) is 0 Å². The molecule has 1 heterocycles. The first kappa shape index (κ1) is 15.6. The van der Waals surface area contributed by atoms with Gasteiger partial charge in [-0.3, -0.25) is 0 Å². The summed E-state index contributed by atoms with van der Waals surface area (Å²) in [5.74, 6) is 0.331. The lowest BCUT2D eigenvalue weighted by molar-refractivity contribution is -0.137. The Kier molecular flexibility index (Phi) is 5.41. The van der Waals surface area contributed by atoms with Gasteiger partial charge in [-0.1, -0.05) is 0 Å². The zero-order chi connectivity index (χ0) is 14.5. The number of halogens is 3. The van der Waals surface area contributed by atoms with Crippen LogP contribution in [0.25, 0.3) is 0 Å². The molecule has 0 spiro atoms. The van der Waals surface area contributed by atoms with Crippen molar-refractivity contribution in [3.63, 3.8) is 0 Å². The zero-order valence-electron chi connectivity index (χ0n) is 10.9. The number of hydrogen-bond acceptors (Lipinski definition) is 4. The van der Waals surface area contributed by atoms with Gasteiger partial charge in [-0.2, -0.15) is 13.2 Å². The van der Waals surface area contributed by atoms with Crippen LogP contribution in [0.3, 0.4) is 0 Å². The molecule has 3 N–H and O–H groups in total. The van der Waals surface area contributed by atoms with Crippen LogP contribution in [0.1, 0.15) is 25.3 Å². The van der Waals surface area contributed by atoms with Crippen LogP contribution < -0.4 is 10.6 Å². The molecule has 0 bridgehead atoms. The fourth-order valence-corrected chi connectivity index (χ4v) is 1.53. The Hall–Kier alpha value is -1.50. The Labute approximate surface area is 110 Å². The number of rotatable bonds is 6. The Morgan fingerprint density at radius 3 is 2.47 bits per heavy atom. The second kappa shape index (κ2) is 6.60. The molecule has 4 nitrogen and oxygen atoms in total. The molecule has 0 saturated carbocycles. The molecule has 1 atom stereocenters. The average Bonchev–Trinajstić information content (AvgIpc) is 2.33. The molecule has 0 aliphatic rings. The van der Waals surface area contributed by atoms with Crippen LogP contribution in [0.4, 0.5) is 24.8 Å². The van der Waals surface area contributed by atoms with Crippen molar-refractivity contribution < 1.29 is 18.3 Å². The molecule has 1 rings (SSSR count). The molecule has 0 aliphatic carbocycles. The fourth-order valence-electron chi connectivity index (χ4n) is 1.53. The summed E-state index contributed by atoms with van der Waals surface area (Å²) in [5.41, 5.74) is -0.745. The van der Waals surface area contributed by atoms with Gasteiger partial charge in [-0.25, -0.2) is 4.98 Å². The fraction of sp³-hybridized carbons (Fsp3) is 0.583. The third kappa shape index (κ3) is 5.34. The van der Waals surface area contributed by atoms with Gasteiger partial charge in [0.15, 0.2) is 0 Å². The van der Waals surface area contributed by atoms with Gasteiger partial charge in [0.05, 0.1) is 11.7 Å². The Bertz CT molecular complexity index is 408. The lowest BCUT2D eigenvalue weighted by atomic mass is 10.2. The van der Waals surface area contributed by atoms with E-state index in [9.17, 15) is 13.2 Å². The number of pyridine rings is 1. The highest BCUT2D eigenvalue weighted by Crippen LogP contribution is 2.31. The van der Waals surface area contributed by atoms with Gasteiger partial charge in [0.25, 0.3) is 0 Å². The number of anilines is 2. The predicted octanol–water partition coefficient (Wildman–Crippen LogP) is 2.72. The van der Waals surface area contributed by atoms with Crippen LogP contribution in [0.15, 0.2) is 12.1 Å². The first-order chi connectivity index (χ1) is 8.82. The van der Waals surface area contributed by atoms with E-state index in [1.165, 1.54) is 7.05 Å². The maximum absolute atomic E-state index is 12.7. The Balaban J connectivity index is 2.72. The molecule has 0 aliphatic heterocycles. The third-order valence-corrected chi connectivity index (χ3v) is 2.51. The molecule has 0 amide bonds. The number of aliphatic hydroxyl groups excluding tert-OH is 1. The van der Waals surface area contributed by atoms with E-state index in [1.54, 1.807) is 6.92 Å². The summed E-state index contributed by atoms with van der Waals surface area (Å²) in [6.45, 7) is 2.13. The molecule has 7 heteroatoms. The minimum atomic E-state index is -4.40. The van der Waals surface area contributed by atoms with Crippen molar-refractivity contribution in [3.8, 4) is 0 Å². The maximum atomic E-state index is 12.7. The summed E-state index contributed by atoms with van der Waals surface area (Å²) in [5, 5.41) is 14.5. The number of hydrogen-bond donors (Lipinski definition) is 3. The van der Waals surface area contributed by atoms with Gasteiger partial charge in [0, 0.05) is 13.6 Å². The lowest BCUT2D eigenvalue weighted by Gasteiger charge is -2.12. The minimum absolute atomic E-state index is 0.160. The van der Waals surface area contributed by atoms with Crippen molar-refractivity contribution in [1.82, 2.24) is 4.98 Å². The van der Waals surface area contributed by atoms with E-state index < -0.39 is 17.8 Å². The van der Waals surface area contributed by atoms with Crippen molar-refractivity contribution in [2.45, 2.75) is 32.0 Å². The second-order valence-electron chi connectivity index (χ2n) is 4.29. The number of aromatic nitrogens is 1. The average molecular weight is 277 g/mol. The molecule has 1 aromatic heterocycles. The quantitative estimate of drug-likeness (QED) is 0.700. The highest BCUT2D eigenvalue weighted by atomic mass is 19.4. The largest absolute Gasteiger partial charge is 0.416 e. The van der Waals surface area contributed by atoms with Crippen molar-refractivity contribution in [1.29, 1.82) is 0 Å². The SMILES string of the molecule is CNc1cc(C(F)(F)F)cc(NCCCC(C)O)n1. The van der Waals surface area contributed by atoms with Crippen LogP contribution in [0.2, 0.25) is 0 Å². The molecule has 1 aromatic rings. The first-order valence-electron chi connectivity index (χ1n) is 6.02. The molecular weight excluding hydrogens is 259 g/mol. The highest BCUT2D eigenvalue weighted by molar-refractivity contribution is 5.49. The van der Waals surface area contributed by atoms with Gasteiger partial charge < -0.3 is 15.7 Å². The molecule has 0 saturated heterocycles. The van der Waals surface area contributed by atoms with E-state index in [4.69, 9.17) is 5.11 Å². The summed E-state index contributed by atoms with van der Waals surface area (Å²) >= 11 is 0. The standard InChI is InChI=1S/C12H18F3N3O/c1-8(19)4-3-5-17-11-7-9(12(13,14)15)6-10(16-2)18-11/h6-8,19H,3-5H2,1-2H3,(H2,16,17,18). The van der Waals surface area contributed by atoms with Crippen LogP contribution in [0, 0.1) is 0 Å². The number of nitrogens with one attached hydrogen (secondary N) is 2. The lowest BCUT2D eigenvalue weighted by Crippen LogP contribution is -2.11. The normalized spacial score (nSPS) is 13.2. The minimum Gasteiger partial charge on any atom is -0.393 e. The van der Waals surface area contributed by atoms with Crippen molar-refractivity contribution >= 4 is 11.6 Å². The summed E-state index contributed by atoms with van der Waals surface area (Å²) in [6, 6.07) is 1.93. The Morgan fingerprint density at radius 2 is 1.95 bits per heavy atom. The molecule has 0 fully saturated rings. The van der Waals surface area contributed by atoms with Crippen molar-refractivity contribution in [2.24, 2.45) is 0 Å². The van der Waals surface area contributed by atoms with Gasteiger partial charge in [-0.15, -0.1) is 0 Å².